The normalized spacial score (nSPS) is 28.8. The van der Waals surface area contributed by atoms with E-state index >= 15 is 0 Å². The molecule has 162 valence electrons. The molecule has 0 aromatic rings. The molecule has 4 fully saturated rings. The molecule has 1 atom stereocenters. The van der Waals surface area contributed by atoms with E-state index in [0.717, 1.165) is 71.1 Å². The second-order valence-corrected chi connectivity index (χ2v) is 9.44. The molecule has 3 saturated heterocycles. The third-order valence-corrected chi connectivity index (χ3v) is 7.47. The molecule has 4 aliphatic rings. The predicted molar refractivity (Wildman–Crippen MR) is 110 cm³/mol. The van der Waals surface area contributed by atoms with Crippen LogP contribution in [0.2, 0.25) is 0 Å². The summed E-state index contributed by atoms with van der Waals surface area (Å²) in [5, 5.41) is 3.04. The van der Waals surface area contributed by atoms with Crippen molar-refractivity contribution in [3.05, 3.63) is 0 Å². The SMILES string of the molecule is CCCN1CCC2(CC1)NC(=O)N([C@@H]1CCCN(C(=O)C3CCCCC3)C1)C2=O. The van der Waals surface area contributed by atoms with E-state index in [2.05, 4.69) is 17.1 Å². The van der Waals surface area contributed by atoms with E-state index in [9.17, 15) is 14.4 Å². The van der Waals surface area contributed by atoms with Gasteiger partial charge in [0.05, 0.1) is 6.04 Å². The Morgan fingerprint density at radius 3 is 2.45 bits per heavy atom. The zero-order valence-electron chi connectivity index (χ0n) is 17.8. The maximum atomic E-state index is 13.4. The number of carbonyl (C=O) groups is 3. The zero-order valence-corrected chi connectivity index (χ0v) is 17.8. The summed E-state index contributed by atoms with van der Waals surface area (Å²) in [4.78, 5) is 44.9. The van der Waals surface area contributed by atoms with Gasteiger partial charge in [0.25, 0.3) is 5.91 Å². The van der Waals surface area contributed by atoms with E-state index in [1.807, 2.05) is 4.90 Å². The quantitative estimate of drug-likeness (QED) is 0.730. The first kappa shape index (κ1) is 20.6. The van der Waals surface area contributed by atoms with Gasteiger partial charge in [0.2, 0.25) is 5.91 Å². The number of urea groups is 1. The number of amides is 4. The van der Waals surface area contributed by atoms with E-state index in [1.165, 1.54) is 11.3 Å². The number of nitrogens with zero attached hydrogens (tertiary/aromatic N) is 3. The number of hydrogen-bond acceptors (Lipinski definition) is 4. The lowest BCUT2D eigenvalue weighted by Crippen LogP contribution is -2.56. The van der Waals surface area contributed by atoms with E-state index in [-0.39, 0.29) is 29.8 Å². The van der Waals surface area contributed by atoms with Crippen molar-refractivity contribution in [1.29, 1.82) is 0 Å². The van der Waals surface area contributed by atoms with Crippen molar-refractivity contribution >= 4 is 17.8 Å². The Morgan fingerprint density at radius 1 is 1.03 bits per heavy atom. The van der Waals surface area contributed by atoms with Crippen LogP contribution in [0.15, 0.2) is 0 Å². The summed E-state index contributed by atoms with van der Waals surface area (Å²) in [7, 11) is 0. The first-order valence-corrected chi connectivity index (χ1v) is 11.7. The molecule has 1 spiro atoms. The van der Waals surface area contributed by atoms with Gasteiger partial charge in [-0.25, -0.2) is 4.79 Å². The van der Waals surface area contributed by atoms with Crippen LogP contribution < -0.4 is 5.32 Å². The van der Waals surface area contributed by atoms with Crippen molar-refractivity contribution in [2.75, 3.05) is 32.7 Å². The average Bonchev–Trinajstić information content (AvgIpc) is 2.99. The van der Waals surface area contributed by atoms with Gasteiger partial charge in [0, 0.05) is 32.1 Å². The summed E-state index contributed by atoms with van der Waals surface area (Å²) in [6.45, 7) is 6.18. The molecule has 1 saturated carbocycles. The molecular formula is C22H36N4O3. The van der Waals surface area contributed by atoms with E-state index in [1.54, 1.807) is 0 Å². The summed E-state index contributed by atoms with van der Waals surface area (Å²) in [5.74, 6) is 0.319. The summed E-state index contributed by atoms with van der Waals surface area (Å²) in [6, 6.07) is -0.437. The monoisotopic (exact) mass is 404 g/mol. The van der Waals surface area contributed by atoms with Crippen LogP contribution in [0, 0.1) is 5.92 Å². The molecule has 0 aromatic heterocycles. The number of imide groups is 1. The smallest absolute Gasteiger partial charge is 0.325 e. The Balaban J connectivity index is 1.40. The number of likely N-dealkylation sites (tertiary alicyclic amines) is 2. The molecule has 4 rings (SSSR count). The van der Waals surface area contributed by atoms with Crippen molar-refractivity contribution in [2.24, 2.45) is 5.92 Å². The van der Waals surface area contributed by atoms with E-state index in [0.29, 0.717) is 19.4 Å². The standard InChI is InChI=1S/C22H36N4O3/c1-2-12-24-14-10-22(11-15-24)20(28)26(21(29)23-22)18-9-6-13-25(16-18)19(27)17-7-4-3-5-8-17/h17-18H,2-16H2,1H3,(H,23,29)/t18-/m1/s1. The lowest BCUT2D eigenvalue weighted by molar-refractivity contribution is -0.142. The fourth-order valence-corrected chi connectivity index (χ4v) is 5.76. The van der Waals surface area contributed by atoms with E-state index in [4.69, 9.17) is 0 Å². The number of nitrogens with one attached hydrogen (secondary N) is 1. The van der Waals surface area contributed by atoms with Gasteiger partial charge in [-0.2, -0.15) is 0 Å². The Kier molecular flexibility index (Phi) is 6.13. The highest BCUT2D eigenvalue weighted by molar-refractivity contribution is 6.07. The summed E-state index contributed by atoms with van der Waals surface area (Å²) < 4.78 is 0. The molecular weight excluding hydrogens is 368 g/mol. The lowest BCUT2D eigenvalue weighted by Gasteiger charge is -2.40. The van der Waals surface area contributed by atoms with Gasteiger partial charge in [0.15, 0.2) is 0 Å². The highest BCUT2D eigenvalue weighted by atomic mass is 16.2. The molecule has 3 heterocycles. The Labute approximate surface area is 174 Å². The maximum absolute atomic E-state index is 13.4. The van der Waals surface area contributed by atoms with Crippen molar-refractivity contribution in [2.45, 2.75) is 82.7 Å². The Hall–Kier alpha value is -1.63. The largest absolute Gasteiger partial charge is 0.340 e. The molecule has 0 aromatic carbocycles. The van der Waals surface area contributed by atoms with Gasteiger partial charge in [-0.3, -0.25) is 14.5 Å². The van der Waals surface area contributed by atoms with Crippen LogP contribution in [0.5, 0.6) is 0 Å². The molecule has 4 amide bonds. The number of carbonyl (C=O) groups excluding carboxylic acids is 3. The summed E-state index contributed by atoms with van der Waals surface area (Å²) >= 11 is 0. The Morgan fingerprint density at radius 2 is 1.76 bits per heavy atom. The fourth-order valence-electron chi connectivity index (χ4n) is 5.76. The molecule has 7 nitrogen and oxygen atoms in total. The van der Waals surface area contributed by atoms with Crippen LogP contribution in [0.25, 0.3) is 0 Å². The van der Waals surface area contributed by atoms with Crippen LogP contribution in [-0.4, -0.2) is 76.8 Å². The minimum absolute atomic E-state index is 0.0596. The van der Waals surface area contributed by atoms with Gasteiger partial charge in [-0.15, -0.1) is 0 Å². The Bertz CT molecular complexity index is 638. The minimum atomic E-state index is -0.725. The first-order valence-electron chi connectivity index (χ1n) is 11.7. The third kappa shape index (κ3) is 4.03. The van der Waals surface area contributed by atoms with Crippen molar-refractivity contribution < 1.29 is 14.4 Å². The highest BCUT2D eigenvalue weighted by Gasteiger charge is 2.54. The van der Waals surface area contributed by atoms with Crippen LogP contribution in [0.4, 0.5) is 4.79 Å². The molecule has 7 heteroatoms. The topological polar surface area (TPSA) is 73.0 Å². The van der Waals surface area contributed by atoms with Crippen LogP contribution in [0.3, 0.4) is 0 Å². The maximum Gasteiger partial charge on any atom is 0.325 e. The zero-order chi connectivity index (χ0) is 20.4. The van der Waals surface area contributed by atoms with Gasteiger partial charge < -0.3 is 15.1 Å². The lowest BCUT2D eigenvalue weighted by atomic mass is 9.86. The van der Waals surface area contributed by atoms with Crippen molar-refractivity contribution in [3.63, 3.8) is 0 Å². The summed E-state index contributed by atoms with van der Waals surface area (Å²) in [6.07, 6.45) is 9.61. The second kappa shape index (κ2) is 8.62. The molecule has 0 radical (unpaired) electrons. The molecule has 3 aliphatic heterocycles. The van der Waals surface area contributed by atoms with Crippen LogP contribution in [-0.2, 0) is 9.59 Å². The first-order chi connectivity index (χ1) is 14.0. The average molecular weight is 405 g/mol. The predicted octanol–water partition coefficient (Wildman–Crippen LogP) is 2.35. The number of piperidine rings is 2. The van der Waals surface area contributed by atoms with Crippen LogP contribution >= 0.6 is 0 Å². The molecule has 0 bridgehead atoms. The molecule has 29 heavy (non-hydrogen) atoms. The van der Waals surface area contributed by atoms with Crippen LogP contribution in [0.1, 0.15) is 71.1 Å². The summed E-state index contributed by atoms with van der Waals surface area (Å²) in [5.41, 5.74) is -0.725. The molecule has 0 unspecified atom stereocenters. The van der Waals surface area contributed by atoms with Gasteiger partial charge in [-0.05, 0) is 51.5 Å². The van der Waals surface area contributed by atoms with Gasteiger partial charge in [0.1, 0.15) is 5.54 Å². The highest BCUT2D eigenvalue weighted by Crippen LogP contribution is 2.33. The van der Waals surface area contributed by atoms with E-state index < -0.39 is 5.54 Å². The van der Waals surface area contributed by atoms with Gasteiger partial charge >= 0.3 is 6.03 Å². The third-order valence-electron chi connectivity index (χ3n) is 7.47. The molecule has 1 N–H and O–H groups in total. The second-order valence-electron chi connectivity index (χ2n) is 9.44. The number of rotatable bonds is 4. The van der Waals surface area contributed by atoms with Crippen molar-refractivity contribution in [1.82, 2.24) is 20.0 Å². The van der Waals surface area contributed by atoms with Crippen molar-refractivity contribution in [3.8, 4) is 0 Å². The van der Waals surface area contributed by atoms with Gasteiger partial charge in [-0.1, -0.05) is 26.2 Å². The molecule has 1 aliphatic carbocycles. The fraction of sp³-hybridized carbons (Fsp3) is 0.864. The minimum Gasteiger partial charge on any atom is -0.340 e. The number of hydrogen-bond donors (Lipinski definition) is 1.